The zero-order chi connectivity index (χ0) is 7.23. The summed E-state index contributed by atoms with van der Waals surface area (Å²) in [4.78, 5) is 0. The van der Waals surface area contributed by atoms with E-state index in [1.807, 2.05) is 0 Å². The third kappa shape index (κ3) is 4.23. The maximum absolute atomic E-state index is 11.5. The second kappa shape index (κ2) is 6.45. The fourth-order valence-electron chi connectivity index (χ4n) is 1.05. The molecule has 64 valence electrons. The van der Waals surface area contributed by atoms with Gasteiger partial charge in [-0.2, -0.15) is 0 Å². The normalized spacial score (nSPS) is 21.7. The van der Waals surface area contributed by atoms with Gasteiger partial charge in [-0.3, -0.25) is 4.39 Å². The first-order valence-electron chi connectivity index (χ1n) is 3.71. The van der Waals surface area contributed by atoms with E-state index in [-0.39, 0.29) is 19.1 Å². The van der Waals surface area contributed by atoms with Crippen molar-refractivity contribution in [3.8, 4) is 11.8 Å². The van der Waals surface area contributed by atoms with Crippen molar-refractivity contribution >= 4 is 12.4 Å². The molecule has 3 heteroatoms. The highest BCUT2D eigenvalue weighted by molar-refractivity contribution is 5.85. The van der Waals surface area contributed by atoms with Crippen LogP contribution in [0.15, 0.2) is 0 Å². The second-order valence-electron chi connectivity index (χ2n) is 2.41. The van der Waals surface area contributed by atoms with Crippen LogP contribution in [0.1, 0.15) is 19.3 Å². The molecule has 1 aliphatic heterocycles. The molecule has 1 fully saturated rings. The van der Waals surface area contributed by atoms with Crippen LogP contribution in [0.25, 0.3) is 0 Å². The van der Waals surface area contributed by atoms with Crippen LogP contribution in [0.3, 0.4) is 0 Å². The van der Waals surface area contributed by atoms with Gasteiger partial charge in [0.05, 0.1) is 6.04 Å². The van der Waals surface area contributed by atoms with Crippen LogP contribution >= 0.6 is 12.4 Å². The van der Waals surface area contributed by atoms with Gasteiger partial charge < -0.3 is 5.32 Å². The third-order valence-electron chi connectivity index (χ3n) is 1.56. The first-order chi connectivity index (χ1) is 4.93. The molecule has 0 saturated carbocycles. The summed E-state index contributed by atoms with van der Waals surface area (Å²) in [5, 5.41) is 3.22. The molecule has 0 radical (unpaired) electrons. The highest BCUT2D eigenvalue weighted by atomic mass is 35.5. The third-order valence-corrected chi connectivity index (χ3v) is 1.56. The molecule has 0 aromatic carbocycles. The number of nitrogens with one attached hydrogen (secondary N) is 1. The van der Waals surface area contributed by atoms with Gasteiger partial charge in [0, 0.05) is 6.42 Å². The molecule has 0 aromatic heterocycles. The lowest BCUT2D eigenvalue weighted by Gasteiger charge is -1.96. The average molecular weight is 178 g/mol. The van der Waals surface area contributed by atoms with Crippen LogP contribution in [0.2, 0.25) is 0 Å². The van der Waals surface area contributed by atoms with E-state index in [1.165, 1.54) is 6.42 Å². The highest BCUT2D eigenvalue weighted by Crippen LogP contribution is 2.02. The van der Waals surface area contributed by atoms with E-state index >= 15 is 0 Å². The van der Waals surface area contributed by atoms with Gasteiger partial charge in [-0.25, -0.2) is 0 Å². The molecular weight excluding hydrogens is 165 g/mol. The number of hydrogen-bond donors (Lipinski definition) is 1. The lowest BCUT2D eigenvalue weighted by molar-refractivity contribution is 0.505. The quantitative estimate of drug-likeness (QED) is 0.599. The minimum atomic E-state index is -0.320. The minimum Gasteiger partial charge on any atom is -0.304 e. The molecule has 1 atom stereocenters. The van der Waals surface area contributed by atoms with Crippen molar-refractivity contribution < 1.29 is 4.39 Å². The molecule has 1 heterocycles. The molecule has 1 unspecified atom stereocenters. The predicted molar refractivity (Wildman–Crippen MR) is 46.6 cm³/mol. The fourth-order valence-corrected chi connectivity index (χ4v) is 1.05. The van der Waals surface area contributed by atoms with Crippen molar-refractivity contribution in [2.75, 3.05) is 13.2 Å². The van der Waals surface area contributed by atoms with Crippen molar-refractivity contribution in [3.63, 3.8) is 0 Å². The summed E-state index contributed by atoms with van der Waals surface area (Å²) in [6.45, 7) is 0.745. The Morgan fingerprint density at radius 1 is 1.55 bits per heavy atom. The fraction of sp³-hybridized carbons (Fsp3) is 0.750. The van der Waals surface area contributed by atoms with Crippen molar-refractivity contribution in [2.45, 2.75) is 25.3 Å². The van der Waals surface area contributed by atoms with E-state index in [2.05, 4.69) is 17.2 Å². The minimum absolute atomic E-state index is 0. The van der Waals surface area contributed by atoms with Crippen LogP contribution < -0.4 is 5.32 Å². The first-order valence-corrected chi connectivity index (χ1v) is 3.71. The monoisotopic (exact) mass is 177 g/mol. The molecule has 1 rings (SSSR count). The smallest absolute Gasteiger partial charge is 0.100 e. The SMILES string of the molecule is Cl.FCCC#CC1CCCN1. The molecule has 0 aliphatic carbocycles. The Hall–Kier alpha value is -0.260. The Morgan fingerprint density at radius 3 is 2.91 bits per heavy atom. The molecule has 0 spiro atoms. The molecular formula is C8H13ClFN. The van der Waals surface area contributed by atoms with E-state index in [1.54, 1.807) is 0 Å². The molecule has 1 aliphatic rings. The Labute approximate surface area is 73.2 Å². The zero-order valence-electron chi connectivity index (χ0n) is 6.40. The lowest BCUT2D eigenvalue weighted by Crippen LogP contribution is -2.18. The van der Waals surface area contributed by atoms with Crippen LogP contribution in [-0.4, -0.2) is 19.3 Å². The Morgan fingerprint density at radius 2 is 2.36 bits per heavy atom. The summed E-state index contributed by atoms with van der Waals surface area (Å²) in [6.07, 6.45) is 2.71. The Balaban J connectivity index is 0.000001000. The summed E-state index contributed by atoms with van der Waals surface area (Å²) in [5.74, 6) is 5.77. The van der Waals surface area contributed by atoms with E-state index in [4.69, 9.17) is 0 Å². The second-order valence-corrected chi connectivity index (χ2v) is 2.41. The lowest BCUT2D eigenvalue weighted by atomic mass is 10.2. The standard InChI is InChI=1S/C8H12FN.ClH/c9-6-2-1-4-8-5-3-7-10-8;/h8,10H,2-3,5-7H2;1H. The molecule has 0 aromatic rings. The van der Waals surface area contributed by atoms with Crippen LogP contribution in [0.5, 0.6) is 0 Å². The Kier molecular flexibility index (Phi) is 6.30. The molecule has 0 amide bonds. The van der Waals surface area contributed by atoms with E-state index in [0.717, 1.165) is 13.0 Å². The summed E-state index contributed by atoms with van der Waals surface area (Å²) < 4.78 is 11.5. The van der Waals surface area contributed by atoms with Gasteiger partial charge in [0.25, 0.3) is 0 Å². The topological polar surface area (TPSA) is 12.0 Å². The van der Waals surface area contributed by atoms with Crippen molar-refractivity contribution in [2.24, 2.45) is 0 Å². The van der Waals surface area contributed by atoms with Gasteiger partial charge in [0.1, 0.15) is 6.67 Å². The van der Waals surface area contributed by atoms with Crippen molar-refractivity contribution in [1.82, 2.24) is 5.32 Å². The highest BCUT2D eigenvalue weighted by Gasteiger charge is 2.09. The van der Waals surface area contributed by atoms with E-state index < -0.39 is 0 Å². The Bertz CT molecular complexity index is 144. The van der Waals surface area contributed by atoms with Gasteiger partial charge >= 0.3 is 0 Å². The predicted octanol–water partition coefficient (Wildman–Crippen LogP) is 1.52. The molecule has 11 heavy (non-hydrogen) atoms. The average Bonchev–Trinajstić information content (AvgIpc) is 2.41. The zero-order valence-corrected chi connectivity index (χ0v) is 7.22. The number of rotatable bonds is 1. The molecule has 0 bridgehead atoms. The molecule has 1 saturated heterocycles. The van der Waals surface area contributed by atoms with E-state index in [0.29, 0.717) is 12.5 Å². The number of halogens is 2. The van der Waals surface area contributed by atoms with Gasteiger partial charge in [-0.1, -0.05) is 11.8 Å². The molecule has 1 N–H and O–H groups in total. The first kappa shape index (κ1) is 10.7. The van der Waals surface area contributed by atoms with Gasteiger partial charge in [0.15, 0.2) is 0 Å². The van der Waals surface area contributed by atoms with Crippen molar-refractivity contribution in [3.05, 3.63) is 0 Å². The van der Waals surface area contributed by atoms with Gasteiger partial charge in [-0.05, 0) is 19.4 Å². The summed E-state index contributed by atoms with van der Waals surface area (Å²) >= 11 is 0. The van der Waals surface area contributed by atoms with E-state index in [9.17, 15) is 4.39 Å². The molecule has 1 nitrogen and oxygen atoms in total. The maximum Gasteiger partial charge on any atom is 0.100 e. The van der Waals surface area contributed by atoms with Gasteiger partial charge in [-0.15, -0.1) is 12.4 Å². The van der Waals surface area contributed by atoms with Crippen molar-refractivity contribution in [1.29, 1.82) is 0 Å². The maximum atomic E-state index is 11.5. The van der Waals surface area contributed by atoms with Crippen LogP contribution in [-0.2, 0) is 0 Å². The largest absolute Gasteiger partial charge is 0.304 e. The van der Waals surface area contributed by atoms with Crippen LogP contribution in [0.4, 0.5) is 4.39 Å². The van der Waals surface area contributed by atoms with Crippen LogP contribution in [0, 0.1) is 11.8 Å². The number of alkyl halides is 1. The summed E-state index contributed by atoms with van der Waals surface area (Å²) in [7, 11) is 0. The van der Waals surface area contributed by atoms with Gasteiger partial charge in [0.2, 0.25) is 0 Å². The number of hydrogen-bond acceptors (Lipinski definition) is 1. The summed E-state index contributed by atoms with van der Waals surface area (Å²) in [5.41, 5.74) is 0. The summed E-state index contributed by atoms with van der Waals surface area (Å²) in [6, 6.07) is 0.339.